The number of aromatic nitrogens is 3. The lowest BCUT2D eigenvalue weighted by Crippen LogP contribution is -2.24. The van der Waals surface area contributed by atoms with Crippen LogP contribution in [0.2, 0.25) is 0 Å². The molecule has 1 aliphatic rings. The van der Waals surface area contributed by atoms with Crippen LogP contribution in [0.1, 0.15) is 61.0 Å². The molecule has 1 aliphatic carbocycles. The van der Waals surface area contributed by atoms with Crippen molar-refractivity contribution in [2.24, 2.45) is 23.4 Å². The second-order valence-electron chi connectivity index (χ2n) is 8.24. The van der Waals surface area contributed by atoms with E-state index in [1.165, 1.54) is 5.69 Å². The Balaban J connectivity index is 2.03. The number of pyridine rings is 1. The highest BCUT2D eigenvalue weighted by molar-refractivity contribution is 5.97. The molecule has 0 atom stereocenters. The Bertz CT molecular complexity index is 1010. The zero-order valence-electron chi connectivity index (χ0n) is 17.3. The Morgan fingerprint density at radius 1 is 1.50 bits per heavy atom. The van der Waals surface area contributed by atoms with E-state index in [1.54, 1.807) is 0 Å². The molecule has 2 aromatic heterocycles. The van der Waals surface area contributed by atoms with Crippen LogP contribution in [0.5, 0.6) is 0 Å². The molecule has 7 heteroatoms. The molecule has 28 heavy (non-hydrogen) atoms. The van der Waals surface area contributed by atoms with Gasteiger partial charge in [0.15, 0.2) is 5.69 Å². The number of aryl methyl sites for hydroxylation is 3. The molecule has 0 fully saturated rings. The lowest BCUT2D eigenvalue weighted by Gasteiger charge is -2.29. The number of nitrogens with zero attached hydrogens (tertiary/aromatic N) is 3. The molecule has 0 unspecified atom stereocenters. The highest BCUT2D eigenvalue weighted by atomic mass is 16.6. The molecule has 3 rings (SSSR count). The molecule has 0 spiro atoms. The van der Waals surface area contributed by atoms with E-state index in [-0.39, 0.29) is 16.9 Å². The van der Waals surface area contributed by atoms with Gasteiger partial charge in [-0.3, -0.25) is 9.48 Å². The number of rotatable bonds is 4. The van der Waals surface area contributed by atoms with E-state index in [4.69, 9.17) is 10.7 Å². The number of aromatic amines is 1. The van der Waals surface area contributed by atoms with Crippen molar-refractivity contribution in [3.63, 3.8) is 0 Å². The Kier molecular flexibility index (Phi) is 5.30. The molecule has 3 N–H and O–H groups in total. The number of H-pyrrole nitrogens is 1. The van der Waals surface area contributed by atoms with Crippen molar-refractivity contribution in [1.82, 2.24) is 14.8 Å². The predicted octanol–water partition coefficient (Wildman–Crippen LogP) is 2.80. The largest absolute Gasteiger partial charge is 0.389 e. The van der Waals surface area contributed by atoms with E-state index >= 15 is 0 Å². The molecule has 2 aromatic rings. The number of nitrogens with one attached hydrogen (secondary N) is 1. The zero-order chi connectivity index (χ0) is 20.6. The van der Waals surface area contributed by atoms with Crippen LogP contribution in [0.25, 0.3) is 5.70 Å². The number of nitrogens with two attached hydrogens (primary N) is 1. The molecule has 0 amide bonds. The van der Waals surface area contributed by atoms with E-state index in [0.717, 1.165) is 30.4 Å². The number of hydrogen-bond donors (Lipinski definition) is 2. The average molecular weight is 383 g/mol. The number of fused-ring (bicyclic) bond motifs is 1. The van der Waals surface area contributed by atoms with Gasteiger partial charge in [0.2, 0.25) is 0 Å². The first-order chi connectivity index (χ1) is 13.2. The molecular formula is C21H29N5O2. The van der Waals surface area contributed by atoms with Crippen LogP contribution in [0.15, 0.2) is 22.4 Å². The molecule has 0 radical (unpaired) electrons. The normalized spacial score (nSPS) is 16.0. The molecule has 150 valence electrons. The summed E-state index contributed by atoms with van der Waals surface area (Å²) in [6.45, 7) is 12.4. The first kappa shape index (κ1) is 20.1. The van der Waals surface area contributed by atoms with E-state index in [2.05, 4.69) is 35.5 Å². The minimum Gasteiger partial charge on any atom is -0.389 e. The van der Waals surface area contributed by atoms with Gasteiger partial charge < -0.3 is 9.82 Å². The highest BCUT2D eigenvalue weighted by Gasteiger charge is 2.32. The van der Waals surface area contributed by atoms with Gasteiger partial charge in [-0.25, -0.2) is 4.99 Å². The zero-order valence-corrected chi connectivity index (χ0v) is 17.3. The molecule has 7 nitrogen and oxygen atoms in total. The summed E-state index contributed by atoms with van der Waals surface area (Å²) in [6, 6.07) is 1.82. The summed E-state index contributed by atoms with van der Waals surface area (Å²) >= 11 is 0. The van der Waals surface area contributed by atoms with Gasteiger partial charge in [-0.15, -0.1) is 0 Å². The lowest BCUT2D eigenvalue weighted by atomic mass is 9.76. The summed E-state index contributed by atoms with van der Waals surface area (Å²) in [6.07, 6.45) is 3.54. The van der Waals surface area contributed by atoms with Gasteiger partial charge >= 0.3 is 0 Å². The van der Waals surface area contributed by atoms with Crippen LogP contribution >= 0.6 is 0 Å². The van der Waals surface area contributed by atoms with Gasteiger partial charge in [-0.1, -0.05) is 27.4 Å². The third kappa shape index (κ3) is 3.67. The SMILES string of the molecule is C=C(N=C(ON)c1nn(C)c2c1CCC(C)(C)C2)c1cc(CC)c(=O)[nH]c1C. The van der Waals surface area contributed by atoms with E-state index in [0.29, 0.717) is 29.1 Å². The van der Waals surface area contributed by atoms with Crippen LogP contribution in [-0.4, -0.2) is 20.7 Å². The maximum Gasteiger partial charge on any atom is 0.266 e. The van der Waals surface area contributed by atoms with Crippen LogP contribution in [0.3, 0.4) is 0 Å². The Labute approximate surface area is 165 Å². The Morgan fingerprint density at radius 2 is 2.21 bits per heavy atom. The molecule has 0 aromatic carbocycles. The average Bonchev–Trinajstić information content (AvgIpc) is 2.94. The molecule has 0 aliphatic heterocycles. The van der Waals surface area contributed by atoms with Crippen molar-refractivity contribution < 1.29 is 4.84 Å². The summed E-state index contributed by atoms with van der Waals surface area (Å²) < 4.78 is 1.89. The number of hydrogen-bond acceptors (Lipinski definition) is 5. The smallest absolute Gasteiger partial charge is 0.266 e. The maximum atomic E-state index is 12.0. The second-order valence-corrected chi connectivity index (χ2v) is 8.24. The monoisotopic (exact) mass is 383 g/mol. The van der Waals surface area contributed by atoms with Crippen LogP contribution in [0.4, 0.5) is 0 Å². The molecule has 0 saturated heterocycles. The van der Waals surface area contributed by atoms with E-state index in [1.807, 2.05) is 31.6 Å². The summed E-state index contributed by atoms with van der Waals surface area (Å²) in [5, 5.41) is 4.63. The van der Waals surface area contributed by atoms with Crippen LogP contribution in [-0.2, 0) is 31.1 Å². The van der Waals surface area contributed by atoms with Crippen LogP contribution < -0.4 is 11.5 Å². The van der Waals surface area contributed by atoms with Gasteiger partial charge in [-0.05, 0) is 44.1 Å². The first-order valence-corrected chi connectivity index (χ1v) is 9.59. The second kappa shape index (κ2) is 7.39. The van der Waals surface area contributed by atoms with Gasteiger partial charge in [0.1, 0.15) is 0 Å². The topological polar surface area (TPSA) is 98.3 Å². The van der Waals surface area contributed by atoms with Crippen molar-refractivity contribution in [2.45, 2.75) is 53.4 Å². The summed E-state index contributed by atoms with van der Waals surface area (Å²) in [7, 11) is 1.94. The molecular weight excluding hydrogens is 354 g/mol. The minimum absolute atomic E-state index is 0.0859. The van der Waals surface area contributed by atoms with Gasteiger partial charge in [0, 0.05) is 35.1 Å². The van der Waals surface area contributed by atoms with Crippen molar-refractivity contribution in [3.05, 3.63) is 56.8 Å². The third-order valence-electron chi connectivity index (χ3n) is 5.53. The molecule has 0 bridgehead atoms. The van der Waals surface area contributed by atoms with Gasteiger partial charge in [0.05, 0.1) is 5.70 Å². The Morgan fingerprint density at radius 3 is 2.86 bits per heavy atom. The van der Waals surface area contributed by atoms with Crippen molar-refractivity contribution >= 4 is 11.6 Å². The van der Waals surface area contributed by atoms with Crippen molar-refractivity contribution in [1.29, 1.82) is 0 Å². The minimum atomic E-state index is -0.0859. The summed E-state index contributed by atoms with van der Waals surface area (Å²) in [5.74, 6) is 5.81. The van der Waals surface area contributed by atoms with Crippen molar-refractivity contribution in [2.75, 3.05) is 0 Å². The van der Waals surface area contributed by atoms with Crippen molar-refractivity contribution in [3.8, 4) is 0 Å². The first-order valence-electron chi connectivity index (χ1n) is 9.59. The summed E-state index contributed by atoms with van der Waals surface area (Å²) in [5.41, 5.74) is 5.76. The fourth-order valence-electron chi connectivity index (χ4n) is 3.81. The van der Waals surface area contributed by atoms with Gasteiger partial charge in [-0.2, -0.15) is 11.0 Å². The summed E-state index contributed by atoms with van der Waals surface area (Å²) in [4.78, 5) is 24.5. The fraction of sp³-hybridized carbons (Fsp3) is 0.476. The Hall–Kier alpha value is -2.67. The third-order valence-corrected chi connectivity index (χ3v) is 5.53. The van der Waals surface area contributed by atoms with Crippen LogP contribution in [0, 0.1) is 12.3 Å². The van der Waals surface area contributed by atoms with E-state index < -0.39 is 0 Å². The van der Waals surface area contributed by atoms with E-state index in [9.17, 15) is 4.79 Å². The highest BCUT2D eigenvalue weighted by Crippen LogP contribution is 2.36. The number of aliphatic imine (C=N–C) groups is 1. The molecule has 2 heterocycles. The van der Waals surface area contributed by atoms with Gasteiger partial charge in [0.25, 0.3) is 11.5 Å². The quantitative estimate of drug-likeness (QED) is 0.482. The lowest BCUT2D eigenvalue weighted by molar-refractivity contribution is 0.305. The predicted molar refractivity (Wildman–Crippen MR) is 111 cm³/mol. The maximum absolute atomic E-state index is 12.0. The standard InChI is InChI=1S/C21H29N5O2/c1-7-14-10-16(12(2)23-19(14)27)13(3)24-20(28-22)18-15-8-9-21(4,5)11-17(15)26(6)25-18/h10H,3,7-9,11,22H2,1-2,4-6H3,(H,23,27). The molecule has 0 saturated carbocycles. The fourth-order valence-corrected chi connectivity index (χ4v) is 3.81.